The molecule has 0 aliphatic heterocycles. The number of rotatable bonds is 3. The van der Waals surface area contributed by atoms with Gasteiger partial charge in [-0.05, 0) is 44.5 Å². The third-order valence-corrected chi connectivity index (χ3v) is 7.00. The number of ketones is 2. The lowest BCUT2D eigenvalue weighted by Crippen LogP contribution is -2.65. The van der Waals surface area contributed by atoms with E-state index in [2.05, 4.69) is 4.74 Å². The first-order valence-electron chi connectivity index (χ1n) is 10.5. The number of Topliss-reactive ketones (excluding diaryl/α,β-unsaturated/α-hetero) is 2. The second kappa shape index (κ2) is 7.67. The number of aromatic hydroxyl groups is 1. The summed E-state index contributed by atoms with van der Waals surface area (Å²) in [5.74, 6) is -8.33. The smallest absolute Gasteiger partial charge is 0.341 e. The number of aliphatic hydroxyl groups excluding tert-OH is 2. The van der Waals surface area contributed by atoms with Crippen molar-refractivity contribution in [3.8, 4) is 5.75 Å². The van der Waals surface area contributed by atoms with E-state index in [1.807, 2.05) is 0 Å². The molecule has 0 saturated heterocycles. The first-order chi connectivity index (χ1) is 15.9. The Labute approximate surface area is 193 Å². The monoisotopic (exact) mass is 472 g/mol. The highest BCUT2D eigenvalue weighted by atomic mass is 16.5. The molecule has 1 fully saturated rings. The fourth-order valence-corrected chi connectivity index (χ4v) is 5.49. The van der Waals surface area contributed by atoms with E-state index in [4.69, 9.17) is 5.73 Å². The van der Waals surface area contributed by atoms with Crippen LogP contribution in [-0.4, -0.2) is 81.6 Å². The molecular formula is C23H24N2O9. The van der Waals surface area contributed by atoms with Crippen molar-refractivity contribution in [1.82, 2.24) is 4.90 Å². The van der Waals surface area contributed by atoms with Gasteiger partial charge in [0.25, 0.3) is 5.91 Å². The van der Waals surface area contributed by atoms with Crippen molar-refractivity contribution in [2.45, 2.75) is 24.5 Å². The van der Waals surface area contributed by atoms with Crippen LogP contribution in [-0.2, 0) is 25.5 Å². The minimum atomic E-state index is -2.71. The number of hydrogen-bond donors (Lipinski definition) is 5. The van der Waals surface area contributed by atoms with Crippen LogP contribution in [0.1, 0.15) is 27.9 Å². The Morgan fingerprint density at radius 3 is 2.38 bits per heavy atom. The number of primary amides is 1. The largest absolute Gasteiger partial charge is 0.508 e. The van der Waals surface area contributed by atoms with Crippen molar-refractivity contribution >= 4 is 29.2 Å². The highest BCUT2D eigenvalue weighted by molar-refractivity contribution is 6.24. The second-order valence-corrected chi connectivity index (χ2v) is 8.95. The standard InChI is InChI=1S/C23H24N2O9/c1-25(2)15-11-7-9-6-8-4-5-10(22(32)34-3)16(26)12(8)17(27)13(9)19(29)23(11,33)20(30)14(18(15)28)21(24)31/h4-5,9,11,15,26-27,30,33H,6-7H2,1-3H3,(H2,24,31)/t9-,11-,15-,23-/m0/s1. The summed E-state index contributed by atoms with van der Waals surface area (Å²) in [6.07, 6.45) is 0.134. The van der Waals surface area contributed by atoms with Crippen molar-refractivity contribution in [3.63, 3.8) is 0 Å². The van der Waals surface area contributed by atoms with E-state index >= 15 is 0 Å². The van der Waals surface area contributed by atoms with Crippen molar-refractivity contribution < 1.29 is 44.3 Å². The molecule has 1 saturated carbocycles. The number of likely N-dealkylation sites (N-methyl/N-ethyl adjacent to an activating group) is 1. The number of esters is 1. The van der Waals surface area contributed by atoms with Crippen LogP contribution in [0.4, 0.5) is 0 Å². The summed E-state index contributed by atoms with van der Waals surface area (Å²) >= 11 is 0. The van der Waals surface area contributed by atoms with Crippen molar-refractivity contribution in [2.24, 2.45) is 17.6 Å². The molecule has 0 spiro atoms. The Morgan fingerprint density at radius 1 is 1.18 bits per heavy atom. The van der Waals surface area contributed by atoms with Gasteiger partial charge in [-0.3, -0.25) is 19.3 Å². The van der Waals surface area contributed by atoms with Gasteiger partial charge >= 0.3 is 5.97 Å². The van der Waals surface area contributed by atoms with Gasteiger partial charge in [0.1, 0.15) is 28.4 Å². The SMILES string of the molecule is COC(=O)c1ccc2c(c1O)C(O)=C1C(=O)[C@]3(O)C(O)=C(C(N)=O)C(=O)[C@@H](N(C)C)[C@@H]3C[C@@H]1C2. The normalized spacial score (nSPS) is 28.4. The van der Waals surface area contributed by atoms with E-state index in [0.29, 0.717) is 5.56 Å². The maximum absolute atomic E-state index is 13.7. The zero-order chi connectivity index (χ0) is 25.3. The first-order valence-corrected chi connectivity index (χ1v) is 10.5. The quantitative estimate of drug-likeness (QED) is 0.290. The molecule has 0 bridgehead atoms. The number of benzene rings is 1. The van der Waals surface area contributed by atoms with Gasteiger partial charge in [-0.1, -0.05) is 6.07 Å². The van der Waals surface area contributed by atoms with E-state index in [9.17, 15) is 39.6 Å². The summed E-state index contributed by atoms with van der Waals surface area (Å²) in [7, 11) is 4.17. The van der Waals surface area contributed by atoms with Crippen LogP contribution in [0.2, 0.25) is 0 Å². The summed E-state index contributed by atoms with van der Waals surface area (Å²) in [4.78, 5) is 52.0. The average Bonchev–Trinajstić information content (AvgIpc) is 2.75. The molecule has 1 amide bonds. The molecule has 1 aromatic carbocycles. The summed E-state index contributed by atoms with van der Waals surface area (Å²) in [6.45, 7) is 0. The van der Waals surface area contributed by atoms with Crippen LogP contribution in [0.5, 0.6) is 5.75 Å². The van der Waals surface area contributed by atoms with Gasteiger partial charge in [-0.2, -0.15) is 0 Å². The molecule has 0 heterocycles. The van der Waals surface area contributed by atoms with Gasteiger partial charge in [0.2, 0.25) is 5.78 Å². The minimum absolute atomic E-state index is 0.00865. The summed E-state index contributed by atoms with van der Waals surface area (Å²) in [5, 5.41) is 44.0. The first kappa shape index (κ1) is 23.5. The highest BCUT2D eigenvalue weighted by Gasteiger charge is 2.64. The zero-order valence-corrected chi connectivity index (χ0v) is 18.7. The van der Waals surface area contributed by atoms with Crippen LogP contribution in [0.3, 0.4) is 0 Å². The fraction of sp³-hybridized carbons (Fsp3) is 0.391. The van der Waals surface area contributed by atoms with Crippen molar-refractivity contribution in [2.75, 3.05) is 21.2 Å². The van der Waals surface area contributed by atoms with Gasteiger partial charge in [0.15, 0.2) is 11.4 Å². The number of carbonyl (C=O) groups is 4. The number of amides is 1. The molecule has 0 radical (unpaired) electrons. The lowest BCUT2D eigenvalue weighted by molar-refractivity contribution is -0.153. The molecule has 0 aromatic heterocycles. The molecular weight excluding hydrogens is 448 g/mol. The predicted molar refractivity (Wildman–Crippen MR) is 116 cm³/mol. The van der Waals surface area contributed by atoms with Crippen LogP contribution >= 0.6 is 0 Å². The molecule has 34 heavy (non-hydrogen) atoms. The van der Waals surface area contributed by atoms with Crippen molar-refractivity contribution in [1.29, 1.82) is 0 Å². The summed E-state index contributed by atoms with van der Waals surface area (Å²) in [6, 6.07) is 1.70. The number of hydrogen-bond acceptors (Lipinski definition) is 10. The number of phenols is 1. The Morgan fingerprint density at radius 2 is 1.82 bits per heavy atom. The molecule has 0 unspecified atom stereocenters. The molecule has 4 atom stereocenters. The number of carbonyl (C=O) groups excluding carboxylic acids is 4. The van der Waals surface area contributed by atoms with Crippen molar-refractivity contribution in [3.05, 3.63) is 45.7 Å². The number of nitrogens with zero attached hydrogens (tertiary/aromatic N) is 1. The lowest BCUT2D eigenvalue weighted by Gasteiger charge is -2.50. The molecule has 4 rings (SSSR count). The number of aliphatic hydroxyl groups is 3. The number of fused-ring (bicyclic) bond motifs is 3. The average molecular weight is 472 g/mol. The molecule has 1 aromatic rings. The molecule has 180 valence electrons. The number of nitrogens with two attached hydrogens (primary N) is 1. The topological polar surface area (TPSA) is 188 Å². The zero-order valence-electron chi connectivity index (χ0n) is 18.7. The predicted octanol–water partition coefficient (Wildman–Crippen LogP) is -0.249. The number of ether oxygens (including phenoxy) is 1. The van der Waals surface area contributed by atoms with Gasteiger partial charge < -0.3 is 30.9 Å². The molecule has 11 nitrogen and oxygen atoms in total. The minimum Gasteiger partial charge on any atom is -0.508 e. The van der Waals surface area contributed by atoms with E-state index in [-0.39, 0.29) is 29.5 Å². The van der Waals surface area contributed by atoms with Crippen LogP contribution in [0.25, 0.3) is 5.76 Å². The van der Waals surface area contributed by atoms with Crippen LogP contribution in [0, 0.1) is 11.8 Å². The van der Waals surface area contributed by atoms with Crippen LogP contribution < -0.4 is 5.73 Å². The third-order valence-electron chi connectivity index (χ3n) is 7.00. The molecule has 11 heteroatoms. The Balaban J connectivity index is 1.96. The third kappa shape index (κ3) is 2.90. The number of methoxy groups -OCH3 is 1. The molecule has 3 aliphatic carbocycles. The highest BCUT2D eigenvalue weighted by Crippen LogP contribution is 2.52. The number of phenolic OH excluding ortho intramolecular Hbond substituents is 1. The summed E-state index contributed by atoms with van der Waals surface area (Å²) in [5.41, 5.74) is 1.45. The van der Waals surface area contributed by atoms with Gasteiger partial charge in [0, 0.05) is 11.5 Å². The Hall–Kier alpha value is -3.70. The molecule has 6 N–H and O–H groups in total. The maximum atomic E-state index is 13.7. The van der Waals surface area contributed by atoms with E-state index in [1.165, 1.54) is 31.1 Å². The Kier molecular flexibility index (Phi) is 5.29. The fourth-order valence-electron chi connectivity index (χ4n) is 5.49. The van der Waals surface area contributed by atoms with E-state index < -0.39 is 69.8 Å². The van der Waals surface area contributed by atoms with Gasteiger partial charge in [-0.25, -0.2) is 4.79 Å². The van der Waals surface area contributed by atoms with E-state index in [1.54, 1.807) is 0 Å². The summed E-state index contributed by atoms with van der Waals surface area (Å²) < 4.78 is 4.63. The lowest BCUT2D eigenvalue weighted by atomic mass is 9.57. The second-order valence-electron chi connectivity index (χ2n) is 8.95. The Bertz CT molecular complexity index is 1230. The van der Waals surface area contributed by atoms with E-state index in [0.717, 1.165) is 7.11 Å². The van der Waals surface area contributed by atoms with Gasteiger partial charge in [-0.15, -0.1) is 0 Å². The molecule has 3 aliphatic rings. The maximum Gasteiger partial charge on any atom is 0.341 e. The van der Waals surface area contributed by atoms with Crippen LogP contribution in [0.15, 0.2) is 29.0 Å². The van der Waals surface area contributed by atoms with Gasteiger partial charge in [0.05, 0.1) is 18.7 Å².